The van der Waals surface area contributed by atoms with E-state index >= 15 is 0 Å². The SMILES string of the molecule is O=[PH]([O-])O[PH](=O)[O-].[Cd+2]. The van der Waals surface area contributed by atoms with E-state index in [1.165, 1.54) is 0 Å². The van der Waals surface area contributed by atoms with Crippen LogP contribution in [-0.4, -0.2) is 0 Å². The molecule has 0 aromatic heterocycles. The molecule has 8 heavy (non-hydrogen) atoms. The van der Waals surface area contributed by atoms with Gasteiger partial charge in [0.15, 0.2) is 0 Å². The van der Waals surface area contributed by atoms with E-state index in [9.17, 15) is 18.9 Å². The molecule has 44 valence electrons. The summed E-state index contributed by atoms with van der Waals surface area (Å²) >= 11 is 0. The van der Waals surface area contributed by atoms with E-state index < -0.39 is 16.5 Å². The van der Waals surface area contributed by atoms with Gasteiger partial charge in [0, 0.05) is 0 Å². The van der Waals surface area contributed by atoms with Crippen LogP contribution in [0.5, 0.6) is 0 Å². The monoisotopic (exact) mass is 258 g/mol. The Labute approximate surface area is 67.1 Å². The molecule has 0 fully saturated rings. The van der Waals surface area contributed by atoms with Gasteiger partial charge in [-0.1, -0.05) is 0 Å². The molecule has 5 nitrogen and oxygen atoms in total. The molecule has 0 saturated carbocycles. The normalized spacial score (nSPS) is 16.2. The summed E-state index contributed by atoms with van der Waals surface area (Å²) in [5.41, 5.74) is 0. The average Bonchev–Trinajstić information content (AvgIpc) is 1.27. The van der Waals surface area contributed by atoms with Crippen LogP contribution in [0, 0.1) is 0 Å². The first-order chi connectivity index (χ1) is 3.13. The van der Waals surface area contributed by atoms with Crippen LogP contribution in [0.15, 0.2) is 0 Å². The van der Waals surface area contributed by atoms with Gasteiger partial charge < -0.3 is 18.9 Å². The molecule has 2 atom stereocenters. The molecule has 0 bridgehead atoms. The summed E-state index contributed by atoms with van der Waals surface area (Å²) in [6.07, 6.45) is 0. The van der Waals surface area contributed by atoms with Gasteiger partial charge >= 0.3 is 27.3 Å². The molecule has 0 aliphatic heterocycles. The van der Waals surface area contributed by atoms with E-state index in [1.807, 2.05) is 0 Å². The predicted octanol–water partition coefficient (Wildman–Crippen LogP) is -1.50. The summed E-state index contributed by atoms with van der Waals surface area (Å²) in [6.45, 7) is 0. The summed E-state index contributed by atoms with van der Waals surface area (Å²) in [7, 11) is -7.03. The molecule has 0 aromatic carbocycles. The first kappa shape index (κ1) is 12.0. The second kappa shape index (κ2) is 6.38. The van der Waals surface area contributed by atoms with Crippen LogP contribution in [0.4, 0.5) is 0 Å². The van der Waals surface area contributed by atoms with E-state index in [-0.39, 0.29) is 27.3 Å². The van der Waals surface area contributed by atoms with Gasteiger partial charge in [-0.15, -0.1) is 0 Å². The fourth-order valence-electron chi connectivity index (χ4n) is 0.0680. The zero-order valence-corrected chi connectivity index (χ0v) is 9.78. The van der Waals surface area contributed by atoms with Crippen LogP contribution >= 0.6 is 16.5 Å². The van der Waals surface area contributed by atoms with Crippen LogP contribution in [0.2, 0.25) is 0 Å². The van der Waals surface area contributed by atoms with Gasteiger partial charge in [-0.25, -0.2) is 0 Å². The van der Waals surface area contributed by atoms with Gasteiger partial charge in [-0.2, -0.15) is 0 Å². The van der Waals surface area contributed by atoms with Crippen molar-refractivity contribution >= 4 is 16.5 Å². The smallest absolute Gasteiger partial charge is 0.781 e. The van der Waals surface area contributed by atoms with Crippen molar-refractivity contribution < 1.29 is 50.5 Å². The minimum absolute atomic E-state index is 0. The van der Waals surface area contributed by atoms with E-state index in [4.69, 9.17) is 0 Å². The fourth-order valence-corrected chi connectivity index (χ4v) is 0.612. The Kier molecular flexibility index (Phi) is 9.57. The minimum atomic E-state index is -3.51. The zero-order valence-electron chi connectivity index (χ0n) is 3.75. The topological polar surface area (TPSA) is 89.5 Å². The second-order valence-corrected chi connectivity index (χ2v) is 2.42. The maximum absolute atomic E-state index is 9.29. The molecule has 0 aromatic rings. The quantitative estimate of drug-likeness (QED) is 0.443. The molecule has 0 aliphatic carbocycles. The Morgan fingerprint density at radius 2 is 1.38 bits per heavy atom. The molecular weight excluding hydrogens is 254 g/mol. The first-order valence-corrected chi connectivity index (χ1v) is 3.67. The van der Waals surface area contributed by atoms with Gasteiger partial charge in [-0.05, 0) is 0 Å². The fraction of sp³-hybridized carbons (Fsp3) is 0. The third kappa shape index (κ3) is 10.3. The van der Waals surface area contributed by atoms with Crippen molar-refractivity contribution in [3.05, 3.63) is 0 Å². The molecule has 0 aliphatic rings. The molecule has 0 saturated heterocycles. The molecule has 8 heteroatoms. The molecule has 2 unspecified atom stereocenters. The number of hydrogen-bond acceptors (Lipinski definition) is 5. The summed E-state index contributed by atoms with van der Waals surface area (Å²) in [4.78, 5) is 18.6. The van der Waals surface area contributed by atoms with Crippen molar-refractivity contribution in [2.24, 2.45) is 0 Å². The van der Waals surface area contributed by atoms with E-state index in [2.05, 4.69) is 4.31 Å². The maximum Gasteiger partial charge on any atom is 2.00 e. The Morgan fingerprint density at radius 3 is 1.38 bits per heavy atom. The summed E-state index contributed by atoms with van der Waals surface area (Å²) in [5.74, 6) is 0. The van der Waals surface area contributed by atoms with E-state index in [0.717, 1.165) is 0 Å². The van der Waals surface area contributed by atoms with Gasteiger partial charge in [0.25, 0.3) is 0 Å². The van der Waals surface area contributed by atoms with E-state index in [1.54, 1.807) is 0 Å². The standard InChI is InChI=1S/Cd.H4O5P2/c;1-6(2)5-7(3)4/h;6-7H,(H,1,2)(H,3,4)/q+2;/p-2. The average molecular weight is 256 g/mol. The minimum Gasteiger partial charge on any atom is -0.781 e. The van der Waals surface area contributed by atoms with Gasteiger partial charge in [0.2, 0.25) is 0 Å². The van der Waals surface area contributed by atoms with Gasteiger partial charge in [0.05, 0.1) is 0 Å². The van der Waals surface area contributed by atoms with Crippen molar-refractivity contribution in [3.63, 3.8) is 0 Å². The predicted molar refractivity (Wildman–Crippen MR) is 19.1 cm³/mol. The molecular formula is H2CdO5P2. The molecule has 0 radical (unpaired) electrons. The molecule has 0 spiro atoms. The Hall–Kier alpha value is 1.26. The summed E-state index contributed by atoms with van der Waals surface area (Å²) in [5, 5.41) is 0. The molecule has 0 N–H and O–H groups in total. The van der Waals surface area contributed by atoms with Crippen molar-refractivity contribution in [1.82, 2.24) is 0 Å². The second-order valence-electron chi connectivity index (χ2n) is 0.602. The molecule has 0 amide bonds. The molecule has 0 rings (SSSR count). The number of hydrogen-bond donors (Lipinski definition) is 0. The summed E-state index contributed by atoms with van der Waals surface area (Å²) in [6, 6.07) is 0. The van der Waals surface area contributed by atoms with Crippen molar-refractivity contribution in [2.75, 3.05) is 0 Å². The van der Waals surface area contributed by atoms with Crippen LogP contribution < -0.4 is 9.79 Å². The third-order valence-electron chi connectivity index (χ3n) is 0.167. The zero-order chi connectivity index (χ0) is 5.86. The maximum atomic E-state index is 9.29. The van der Waals surface area contributed by atoms with Gasteiger partial charge in [0.1, 0.15) is 16.5 Å². The number of rotatable bonds is 2. The first-order valence-electron chi connectivity index (χ1n) is 1.22. The van der Waals surface area contributed by atoms with Crippen LogP contribution in [0.1, 0.15) is 0 Å². The van der Waals surface area contributed by atoms with Crippen molar-refractivity contribution in [2.45, 2.75) is 0 Å². The Balaban J connectivity index is 0. The Bertz CT molecular complexity index is 86.6. The largest absolute Gasteiger partial charge is 2.00 e. The summed E-state index contributed by atoms with van der Waals surface area (Å²) < 4.78 is 21.8. The van der Waals surface area contributed by atoms with Crippen molar-refractivity contribution in [3.8, 4) is 0 Å². The van der Waals surface area contributed by atoms with Crippen LogP contribution in [0.3, 0.4) is 0 Å². The third-order valence-corrected chi connectivity index (χ3v) is 1.50. The Morgan fingerprint density at radius 1 is 1.12 bits per heavy atom. The molecule has 0 heterocycles. The van der Waals surface area contributed by atoms with Crippen molar-refractivity contribution in [1.29, 1.82) is 0 Å². The van der Waals surface area contributed by atoms with Gasteiger partial charge in [-0.3, -0.25) is 4.31 Å². The van der Waals surface area contributed by atoms with Crippen LogP contribution in [0.25, 0.3) is 0 Å². The van der Waals surface area contributed by atoms with E-state index in [0.29, 0.717) is 0 Å². The van der Waals surface area contributed by atoms with Crippen LogP contribution in [-0.2, 0) is 40.7 Å².